The van der Waals surface area contributed by atoms with Crippen LogP contribution in [-0.4, -0.2) is 35.0 Å². The first-order chi connectivity index (χ1) is 11.7. The van der Waals surface area contributed by atoms with Crippen LogP contribution in [0, 0.1) is 5.92 Å². The van der Waals surface area contributed by atoms with Gasteiger partial charge >= 0.3 is 5.97 Å². The van der Waals surface area contributed by atoms with Crippen LogP contribution in [0.5, 0.6) is 0 Å². The molecule has 0 saturated carbocycles. The van der Waals surface area contributed by atoms with Gasteiger partial charge in [-0.05, 0) is 40.0 Å². The standard InChI is InChI=1S/C20H27NO4/c1-19(2,3)25-18(23)12-14-10-16-13-24-20(4,21(16)17(22)11-14)15-8-6-5-7-9-15/h5-9,14,16H,10-13H2,1-4H3/t14-,16+,20+/m1/s1. The summed E-state index contributed by atoms with van der Waals surface area (Å²) in [6.45, 7) is 8.02. The smallest absolute Gasteiger partial charge is 0.306 e. The van der Waals surface area contributed by atoms with Gasteiger partial charge in [0.1, 0.15) is 5.60 Å². The van der Waals surface area contributed by atoms with E-state index in [0.717, 1.165) is 12.0 Å². The van der Waals surface area contributed by atoms with Crippen molar-refractivity contribution in [2.45, 2.75) is 64.3 Å². The average molecular weight is 345 g/mol. The van der Waals surface area contributed by atoms with Gasteiger partial charge in [-0.3, -0.25) is 9.59 Å². The second-order valence-corrected chi connectivity index (χ2v) is 8.17. The Kier molecular flexibility index (Phi) is 4.62. The quantitative estimate of drug-likeness (QED) is 0.789. The van der Waals surface area contributed by atoms with Gasteiger partial charge in [0.05, 0.1) is 12.6 Å². The number of carbonyl (C=O) groups excluding carboxylic acids is 2. The molecule has 2 heterocycles. The van der Waals surface area contributed by atoms with Crippen LogP contribution in [0.3, 0.4) is 0 Å². The fourth-order valence-electron chi connectivity index (χ4n) is 3.92. The van der Waals surface area contributed by atoms with E-state index in [0.29, 0.717) is 13.0 Å². The van der Waals surface area contributed by atoms with Gasteiger partial charge in [-0.2, -0.15) is 0 Å². The van der Waals surface area contributed by atoms with Gasteiger partial charge in [-0.25, -0.2) is 0 Å². The molecule has 0 unspecified atom stereocenters. The van der Waals surface area contributed by atoms with Gasteiger partial charge in [0.2, 0.25) is 5.91 Å². The Labute approximate surface area is 149 Å². The Balaban J connectivity index is 1.70. The number of carbonyl (C=O) groups is 2. The molecule has 0 aromatic heterocycles. The maximum Gasteiger partial charge on any atom is 0.306 e. The summed E-state index contributed by atoms with van der Waals surface area (Å²) in [5, 5.41) is 0. The maximum absolute atomic E-state index is 12.8. The molecule has 1 aromatic carbocycles. The number of esters is 1. The first kappa shape index (κ1) is 17.9. The zero-order valence-corrected chi connectivity index (χ0v) is 15.5. The maximum atomic E-state index is 12.8. The lowest BCUT2D eigenvalue weighted by molar-refractivity contribution is -0.159. The highest BCUT2D eigenvalue weighted by molar-refractivity contribution is 5.80. The largest absolute Gasteiger partial charge is 0.460 e. The second-order valence-electron chi connectivity index (χ2n) is 8.17. The number of piperidine rings is 1. The fraction of sp³-hybridized carbons (Fsp3) is 0.600. The number of benzene rings is 1. The van der Waals surface area contributed by atoms with Crippen molar-refractivity contribution in [3.63, 3.8) is 0 Å². The molecule has 2 saturated heterocycles. The Morgan fingerprint density at radius 1 is 1.32 bits per heavy atom. The number of hydrogen-bond acceptors (Lipinski definition) is 4. The van der Waals surface area contributed by atoms with Crippen molar-refractivity contribution in [1.82, 2.24) is 4.90 Å². The normalized spacial score (nSPS) is 29.4. The Bertz CT molecular complexity index is 651. The molecular formula is C20H27NO4. The number of ether oxygens (including phenoxy) is 2. The van der Waals surface area contributed by atoms with Crippen molar-refractivity contribution >= 4 is 11.9 Å². The van der Waals surface area contributed by atoms with Gasteiger partial charge < -0.3 is 14.4 Å². The van der Waals surface area contributed by atoms with E-state index in [2.05, 4.69) is 0 Å². The predicted octanol–water partition coefficient (Wildman–Crippen LogP) is 3.23. The molecule has 3 rings (SSSR count). The number of hydrogen-bond donors (Lipinski definition) is 0. The van der Waals surface area contributed by atoms with Crippen molar-refractivity contribution in [1.29, 1.82) is 0 Å². The van der Waals surface area contributed by atoms with Crippen molar-refractivity contribution in [3.8, 4) is 0 Å². The van der Waals surface area contributed by atoms with Crippen LogP contribution in [0.25, 0.3) is 0 Å². The van der Waals surface area contributed by atoms with Crippen LogP contribution in [0.4, 0.5) is 0 Å². The molecule has 0 bridgehead atoms. The van der Waals surface area contributed by atoms with E-state index >= 15 is 0 Å². The minimum atomic E-state index is -0.722. The van der Waals surface area contributed by atoms with E-state index in [1.807, 2.05) is 62.9 Å². The molecule has 2 aliphatic rings. The molecular weight excluding hydrogens is 318 g/mol. The van der Waals surface area contributed by atoms with Gasteiger partial charge in [0.25, 0.3) is 0 Å². The van der Waals surface area contributed by atoms with Crippen LogP contribution in [0.15, 0.2) is 30.3 Å². The third-order valence-corrected chi connectivity index (χ3v) is 4.90. The molecule has 25 heavy (non-hydrogen) atoms. The van der Waals surface area contributed by atoms with E-state index in [-0.39, 0.29) is 30.3 Å². The lowest BCUT2D eigenvalue weighted by Gasteiger charge is -2.41. The summed E-state index contributed by atoms with van der Waals surface area (Å²) in [5.41, 5.74) is -0.235. The molecule has 0 N–H and O–H groups in total. The first-order valence-corrected chi connectivity index (χ1v) is 8.92. The number of fused-ring (bicyclic) bond motifs is 1. The lowest BCUT2D eigenvalue weighted by atomic mass is 9.87. The summed E-state index contributed by atoms with van der Waals surface area (Å²) in [5.74, 6) is -0.164. The van der Waals surface area contributed by atoms with Crippen LogP contribution in [0.2, 0.25) is 0 Å². The predicted molar refractivity (Wildman–Crippen MR) is 93.6 cm³/mol. The fourth-order valence-corrected chi connectivity index (χ4v) is 3.92. The molecule has 2 aliphatic heterocycles. The highest BCUT2D eigenvalue weighted by atomic mass is 16.6. The zero-order valence-electron chi connectivity index (χ0n) is 15.5. The second kappa shape index (κ2) is 6.45. The summed E-state index contributed by atoms with van der Waals surface area (Å²) in [6, 6.07) is 9.85. The van der Waals surface area contributed by atoms with Crippen LogP contribution in [-0.2, 0) is 24.8 Å². The van der Waals surface area contributed by atoms with Gasteiger partial charge in [-0.15, -0.1) is 0 Å². The Morgan fingerprint density at radius 2 is 2.00 bits per heavy atom. The number of rotatable bonds is 3. The molecule has 1 aromatic rings. The third-order valence-electron chi connectivity index (χ3n) is 4.90. The van der Waals surface area contributed by atoms with Crippen LogP contribution >= 0.6 is 0 Å². The van der Waals surface area contributed by atoms with E-state index in [1.54, 1.807) is 0 Å². The van der Waals surface area contributed by atoms with Crippen molar-refractivity contribution in [3.05, 3.63) is 35.9 Å². The highest BCUT2D eigenvalue weighted by Crippen LogP contribution is 2.43. The first-order valence-electron chi connectivity index (χ1n) is 8.92. The molecule has 1 amide bonds. The van der Waals surface area contributed by atoms with E-state index in [9.17, 15) is 9.59 Å². The van der Waals surface area contributed by atoms with Crippen molar-refractivity contribution < 1.29 is 19.1 Å². The molecule has 0 spiro atoms. The average Bonchev–Trinajstić information content (AvgIpc) is 2.85. The third kappa shape index (κ3) is 3.71. The minimum absolute atomic E-state index is 0.0129. The summed E-state index contributed by atoms with van der Waals surface area (Å²) < 4.78 is 11.5. The highest BCUT2D eigenvalue weighted by Gasteiger charge is 2.51. The van der Waals surface area contributed by atoms with Crippen molar-refractivity contribution in [2.24, 2.45) is 5.92 Å². The van der Waals surface area contributed by atoms with Crippen LogP contribution in [0.1, 0.15) is 52.5 Å². The Hall–Kier alpha value is -1.88. The number of nitrogens with zero attached hydrogens (tertiary/aromatic N) is 1. The summed E-state index contributed by atoms with van der Waals surface area (Å²) in [6.07, 6.45) is 1.42. The van der Waals surface area contributed by atoms with E-state index < -0.39 is 11.3 Å². The topological polar surface area (TPSA) is 55.8 Å². The summed E-state index contributed by atoms with van der Waals surface area (Å²) in [7, 11) is 0. The van der Waals surface area contributed by atoms with Crippen molar-refractivity contribution in [2.75, 3.05) is 6.61 Å². The Morgan fingerprint density at radius 3 is 2.64 bits per heavy atom. The SMILES string of the molecule is CC(C)(C)OC(=O)C[C@H]1CC(=O)N2[C@H](CO[C@@]2(C)c2ccccc2)C1. The summed E-state index contributed by atoms with van der Waals surface area (Å²) in [4.78, 5) is 26.8. The zero-order chi connectivity index (χ0) is 18.2. The molecule has 0 radical (unpaired) electrons. The molecule has 5 heteroatoms. The molecule has 136 valence electrons. The van der Waals surface area contributed by atoms with Gasteiger partial charge in [-0.1, -0.05) is 30.3 Å². The number of amides is 1. The van der Waals surface area contributed by atoms with E-state index in [1.165, 1.54) is 0 Å². The van der Waals surface area contributed by atoms with E-state index in [4.69, 9.17) is 9.47 Å². The van der Waals surface area contributed by atoms with Crippen LogP contribution < -0.4 is 0 Å². The summed E-state index contributed by atoms with van der Waals surface area (Å²) >= 11 is 0. The molecule has 3 atom stereocenters. The molecule has 5 nitrogen and oxygen atoms in total. The molecule has 2 fully saturated rings. The minimum Gasteiger partial charge on any atom is -0.460 e. The van der Waals surface area contributed by atoms with Gasteiger partial charge in [0, 0.05) is 18.4 Å². The molecule has 0 aliphatic carbocycles. The van der Waals surface area contributed by atoms with Gasteiger partial charge in [0.15, 0.2) is 5.72 Å². The monoisotopic (exact) mass is 345 g/mol. The lowest BCUT2D eigenvalue weighted by Crippen LogP contribution is -2.51.